The molecule has 1 aromatic heterocycles. The van der Waals surface area contributed by atoms with E-state index in [1.54, 1.807) is 36.4 Å². The largest absolute Gasteiger partial charge is 0.351 e. The second kappa shape index (κ2) is 8.85. The summed E-state index contributed by atoms with van der Waals surface area (Å²) in [5.41, 5.74) is 3.20. The van der Waals surface area contributed by atoms with Gasteiger partial charge in [-0.25, -0.2) is 17.8 Å². The Bertz CT molecular complexity index is 1060. The number of halogens is 1. The van der Waals surface area contributed by atoms with E-state index in [-0.39, 0.29) is 33.9 Å². The Hall–Kier alpha value is -2.23. The molecule has 0 aliphatic carbocycles. The van der Waals surface area contributed by atoms with Gasteiger partial charge < -0.3 is 5.32 Å². The van der Waals surface area contributed by atoms with Gasteiger partial charge in [0.1, 0.15) is 5.82 Å². The summed E-state index contributed by atoms with van der Waals surface area (Å²) < 4.78 is 39.0. The number of rotatable bonds is 7. The summed E-state index contributed by atoms with van der Waals surface area (Å²) in [6.07, 6.45) is 0. The molecule has 1 amide bonds. The minimum atomic E-state index is -3.74. The van der Waals surface area contributed by atoms with Gasteiger partial charge in [-0.1, -0.05) is 29.8 Å². The molecular formula is C19H17FN2O3S3. The molecule has 28 heavy (non-hydrogen) atoms. The molecule has 0 spiro atoms. The van der Waals surface area contributed by atoms with Crippen LogP contribution in [-0.2, 0) is 21.2 Å². The van der Waals surface area contributed by atoms with E-state index in [0.717, 1.165) is 22.9 Å². The van der Waals surface area contributed by atoms with Crippen molar-refractivity contribution in [2.75, 3.05) is 5.75 Å². The number of thioether (sulfide) groups is 1. The van der Waals surface area contributed by atoms with Crippen molar-refractivity contribution in [3.05, 3.63) is 71.0 Å². The number of nitrogens with zero attached hydrogens (tertiary/aromatic N) is 1. The number of carbonyl (C=O) groups excluding carboxylic acids is 1. The van der Waals surface area contributed by atoms with E-state index in [4.69, 9.17) is 0 Å². The first-order valence-electron chi connectivity index (χ1n) is 8.25. The van der Waals surface area contributed by atoms with E-state index >= 15 is 0 Å². The van der Waals surface area contributed by atoms with Gasteiger partial charge in [0, 0.05) is 6.54 Å². The van der Waals surface area contributed by atoms with Gasteiger partial charge in [0.2, 0.25) is 15.7 Å². The molecular weight excluding hydrogens is 419 g/mol. The molecule has 3 aromatic rings. The number of carbonyl (C=O) groups is 1. The molecule has 5 nitrogen and oxygen atoms in total. The molecule has 0 aliphatic rings. The minimum Gasteiger partial charge on any atom is -0.351 e. The topological polar surface area (TPSA) is 76.1 Å². The van der Waals surface area contributed by atoms with Crippen LogP contribution in [0.25, 0.3) is 0 Å². The fourth-order valence-electron chi connectivity index (χ4n) is 2.31. The first-order valence-corrected chi connectivity index (χ1v) is 11.6. The molecule has 3 rings (SSSR count). The van der Waals surface area contributed by atoms with Crippen LogP contribution < -0.4 is 5.32 Å². The standard InChI is InChI=1S/C19H17FN2O3S3/c1-13-2-8-16(9-3-13)28(24,25)18-19(27-12-22-18)26-11-17(23)21-10-14-4-6-15(20)7-5-14/h2-9,12H,10-11H2,1H3,(H,21,23). The van der Waals surface area contributed by atoms with Crippen molar-refractivity contribution in [1.82, 2.24) is 10.3 Å². The fourth-order valence-corrected chi connectivity index (χ4v) is 6.01. The minimum absolute atomic E-state index is 0.0299. The quantitative estimate of drug-likeness (QED) is 0.570. The SMILES string of the molecule is Cc1ccc(S(=O)(=O)c2ncsc2SCC(=O)NCc2ccc(F)cc2)cc1. The van der Waals surface area contributed by atoms with Gasteiger partial charge in [-0.2, -0.15) is 0 Å². The molecule has 0 atom stereocenters. The lowest BCUT2D eigenvalue weighted by atomic mass is 10.2. The van der Waals surface area contributed by atoms with Crippen molar-refractivity contribution in [3.63, 3.8) is 0 Å². The zero-order valence-corrected chi connectivity index (χ0v) is 17.3. The van der Waals surface area contributed by atoms with Crippen molar-refractivity contribution in [2.45, 2.75) is 27.6 Å². The monoisotopic (exact) mass is 436 g/mol. The Morgan fingerprint density at radius 3 is 2.50 bits per heavy atom. The van der Waals surface area contributed by atoms with E-state index < -0.39 is 9.84 Å². The third kappa shape index (κ3) is 4.98. The molecule has 0 unspecified atom stereocenters. The van der Waals surface area contributed by atoms with Gasteiger partial charge in [-0.15, -0.1) is 23.1 Å². The molecule has 0 fully saturated rings. The van der Waals surface area contributed by atoms with E-state index in [2.05, 4.69) is 10.3 Å². The first kappa shape index (κ1) is 20.5. The van der Waals surface area contributed by atoms with Gasteiger partial charge in [0.05, 0.1) is 20.4 Å². The molecule has 0 saturated carbocycles. The van der Waals surface area contributed by atoms with Crippen LogP contribution in [0.4, 0.5) is 4.39 Å². The van der Waals surface area contributed by atoms with Crippen LogP contribution in [-0.4, -0.2) is 25.1 Å². The summed E-state index contributed by atoms with van der Waals surface area (Å²) in [6, 6.07) is 12.4. The van der Waals surface area contributed by atoms with E-state index in [1.165, 1.54) is 29.0 Å². The molecule has 1 N–H and O–H groups in total. The summed E-state index contributed by atoms with van der Waals surface area (Å²) in [5, 5.41) is 2.70. The second-order valence-electron chi connectivity index (χ2n) is 5.95. The van der Waals surface area contributed by atoms with Gasteiger partial charge in [-0.3, -0.25) is 4.79 Å². The third-order valence-corrected chi connectivity index (χ3v) is 7.92. The van der Waals surface area contributed by atoms with Crippen molar-refractivity contribution < 1.29 is 17.6 Å². The Labute approximate surface area is 170 Å². The molecule has 2 aromatic carbocycles. The van der Waals surface area contributed by atoms with E-state index in [0.29, 0.717) is 4.21 Å². The van der Waals surface area contributed by atoms with Gasteiger partial charge in [-0.05, 0) is 36.8 Å². The number of aromatic nitrogens is 1. The summed E-state index contributed by atoms with van der Waals surface area (Å²) in [7, 11) is -3.74. The molecule has 1 heterocycles. The molecule has 9 heteroatoms. The summed E-state index contributed by atoms with van der Waals surface area (Å²) >= 11 is 2.31. The number of aryl methyl sites for hydroxylation is 1. The van der Waals surface area contributed by atoms with Crippen LogP contribution in [0.2, 0.25) is 0 Å². The highest BCUT2D eigenvalue weighted by molar-refractivity contribution is 8.02. The number of amides is 1. The van der Waals surface area contributed by atoms with Crippen LogP contribution in [0, 0.1) is 12.7 Å². The Kier molecular flexibility index (Phi) is 6.48. The average molecular weight is 437 g/mol. The lowest BCUT2D eigenvalue weighted by Crippen LogP contribution is -2.24. The maximum atomic E-state index is 12.9. The highest BCUT2D eigenvalue weighted by Gasteiger charge is 2.25. The highest BCUT2D eigenvalue weighted by atomic mass is 32.2. The summed E-state index contributed by atoms with van der Waals surface area (Å²) in [4.78, 5) is 16.3. The van der Waals surface area contributed by atoms with Crippen LogP contribution in [0.5, 0.6) is 0 Å². The van der Waals surface area contributed by atoms with Crippen molar-refractivity contribution in [2.24, 2.45) is 0 Å². The van der Waals surface area contributed by atoms with Crippen LogP contribution in [0.3, 0.4) is 0 Å². The van der Waals surface area contributed by atoms with E-state index in [1.807, 2.05) is 6.92 Å². The smallest absolute Gasteiger partial charge is 0.230 e. The van der Waals surface area contributed by atoms with Crippen LogP contribution in [0.1, 0.15) is 11.1 Å². The Balaban J connectivity index is 1.63. The van der Waals surface area contributed by atoms with Gasteiger partial charge >= 0.3 is 0 Å². The molecule has 0 saturated heterocycles. The first-order chi connectivity index (χ1) is 13.4. The van der Waals surface area contributed by atoms with Crippen molar-refractivity contribution >= 4 is 38.8 Å². The lowest BCUT2D eigenvalue weighted by Gasteiger charge is -2.07. The molecule has 0 bridgehead atoms. The molecule has 0 radical (unpaired) electrons. The van der Waals surface area contributed by atoms with E-state index in [9.17, 15) is 17.6 Å². The normalized spacial score (nSPS) is 11.4. The van der Waals surface area contributed by atoms with Crippen molar-refractivity contribution in [1.29, 1.82) is 0 Å². The number of sulfone groups is 1. The van der Waals surface area contributed by atoms with Crippen LogP contribution in [0.15, 0.2) is 68.2 Å². The maximum absolute atomic E-state index is 12.9. The van der Waals surface area contributed by atoms with Gasteiger partial charge in [0.25, 0.3) is 0 Å². The van der Waals surface area contributed by atoms with Crippen LogP contribution >= 0.6 is 23.1 Å². The Morgan fingerprint density at radius 1 is 1.14 bits per heavy atom. The second-order valence-corrected chi connectivity index (χ2v) is 9.92. The predicted molar refractivity (Wildman–Crippen MR) is 108 cm³/mol. The molecule has 146 valence electrons. The number of hydrogen-bond acceptors (Lipinski definition) is 6. The Morgan fingerprint density at radius 2 is 1.82 bits per heavy atom. The predicted octanol–water partition coefficient (Wildman–Crippen LogP) is 3.83. The van der Waals surface area contributed by atoms with Gasteiger partial charge in [0.15, 0.2) is 5.03 Å². The highest BCUT2D eigenvalue weighted by Crippen LogP contribution is 2.33. The third-order valence-electron chi connectivity index (χ3n) is 3.83. The maximum Gasteiger partial charge on any atom is 0.230 e. The lowest BCUT2D eigenvalue weighted by molar-refractivity contribution is -0.118. The number of benzene rings is 2. The summed E-state index contributed by atoms with van der Waals surface area (Å²) in [6.45, 7) is 2.15. The molecule has 0 aliphatic heterocycles. The fraction of sp³-hybridized carbons (Fsp3) is 0.158. The number of nitrogens with one attached hydrogen (secondary N) is 1. The summed E-state index contributed by atoms with van der Waals surface area (Å²) in [5.74, 6) is -0.528. The van der Waals surface area contributed by atoms with Crippen molar-refractivity contribution in [3.8, 4) is 0 Å². The average Bonchev–Trinajstić information content (AvgIpc) is 3.16. The number of thiazole rings is 1. The number of hydrogen-bond donors (Lipinski definition) is 1. The zero-order chi connectivity index (χ0) is 20.1. The zero-order valence-electron chi connectivity index (χ0n) is 14.9.